The molecule has 0 saturated carbocycles. The lowest BCUT2D eigenvalue weighted by molar-refractivity contribution is -0.140. The first-order chi connectivity index (χ1) is 11.0. The second-order valence-corrected chi connectivity index (χ2v) is 6.00. The van der Waals surface area contributed by atoms with Crippen LogP contribution in [0, 0.1) is 5.92 Å². The predicted octanol–water partition coefficient (Wildman–Crippen LogP) is 2.09. The molecule has 0 aliphatic carbocycles. The molecule has 0 spiro atoms. The van der Waals surface area contributed by atoms with Crippen LogP contribution in [-0.4, -0.2) is 61.4 Å². The van der Waals surface area contributed by atoms with Crippen LogP contribution in [-0.2, 0) is 19.1 Å². The molecule has 1 fully saturated rings. The number of carbonyl (C=O) groups excluding carboxylic acids is 1. The van der Waals surface area contributed by atoms with E-state index in [9.17, 15) is 9.59 Å². The summed E-state index contributed by atoms with van der Waals surface area (Å²) in [5.74, 6) is -1.11. The summed E-state index contributed by atoms with van der Waals surface area (Å²) in [4.78, 5) is 25.2. The molecule has 1 saturated heterocycles. The number of hydrogen-bond donors (Lipinski definition) is 1. The van der Waals surface area contributed by atoms with Gasteiger partial charge in [-0.3, -0.25) is 4.90 Å². The number of hydrogen-bond acceptors (Lipinski definition) is 5. The minimum Gasteiger partial charge on any atom is -0.478 e. The molecule has 1 aliphatic heterocycles. The Balaban J connectivity index is 2.38. The number of carbonyl (C=O) groups is 2. The van der Waals surface area contributed by atoms with E-state index < -0.39 is 11.9 Å². The topological polar surface area (TPSA) is 76.1 Å². The van der Waals surface area contributed by atoms with Gasteiger partial charge in [-0.1, -0.05) is 20.3 Å². The Bertz CT molecular complexity index is 402. The molecular formula is C17H29NO5. The van der Waals surface area contributed by atoms with Gasteiger partial charge in [0.25, 0.3) is 0 Å². The predicted molar refractivity (Wildman–Crippen MR) is 87.2 cm³/mol. The van der Waals surface area contributed by atoms with Crippen LogP contribution in [0.1, 0.15) is 39.5 Å². The minimum absolute atomic E-state index is 0.245. The lowest BCUT2D eigenvalue weighted by Gasteiger charge is -2.26. The first kappa shape index (κ1) is 19.6. The van der Waals surface area contributed by atoms with Gasteiger partial charge in [0.1, 0.15) is 0 Å². The summed E-state index contributed by atoms with van der Waals surface area (Å²) >= 11 is 0. The minimum atomic E-state index is -1.11. The van der Waals surface area contributed by atoms with Gasteiger partial charge in [-0.15, -0.1) is 0 Å². The fourth-order valence-corrected chi connectivity index (χ4v) is 2.35. The van der Waals surface area contributed by atoms with Gasteiger partial charge in [0.15, 0.2) is 0 Å². The first-order valence-corrected chi connectivity index (χ1v) is 8.43. The maximum absolute atomic E-state index is 12.0. The van der Waals surface area contributed by atoms with Gasteiger partial charge in [0.05, 0.1) is 19.8 Å². The summed E-state index contributed by atoms with van der Waals surface area (Å²) in [5.41, 5.74) is 0.245. The molecular weight excluding hydrogens is 298 g/mol. The summed E-state index contributed by atoms with van der Waals surface area (Å²) in [6.07, 6.45) is 3.97. The van der Waals surface area contributed by atoms with Crippen LogP contribution >= 0.6 is 0 Å². The second-order valence-electron chi connectivity index (χ2n) is 6.00. The van der Waals surface area contributed by atoms with E-state index in [0.29, 0.717) is 18.9 Å². The molecule has 6 nitrogen and oxygen atoms in total. The number of morpholine rings is 1. The zero-order valence-corrected chi connectivity index (χ0v) is 14.3. The molecule has 0 aromatic heterocycles. The van der Waals surface area contributed by atoms with E-state index in [-0.39, 0.29) is 5.57 Å². The Hall–Kier alpha value is -1.40. The smallest absolute Gasteiger partial charge is 0.334 e. The van der Waals surface area contributed by atoms with Gasteiger partial charge >= 0.3 is 11.9 Å². The van der Waals surface area contributed by atoms with Crippen LogP contribution in [0.4, 0.5) is 0 Å². The van der Waals surface area contributed by atoms with Crippen molar-refractivity contribution in [1.29, 1.82) is 0 Å². The number of carboxylic acids is 1. The van der Waals surface area contributed by atoms with Gasteiger partial charge in [-0.2, -0.15) is 0 Å². The number of ether oxygens (including phenoxy) is 2. The second kappa shape index (κ2) is 11.2. The van der Waals surface area contributed by atoms with Crippen molar-refractivity contribution >= 4 is 11.9 Å². The molecule has 1 heterocycles. The maximum Gasteiger partial charge on any atom is 0.334 e. The molecule has 0 radical (unpaired) electrons. The van der Waals surface area contributed by atoms with E-state index in [1.807, 2.05) is 0 Å². The van der Waals surface area contributed by atoms with Crippen LogP contribution in [0.2, 0.25) is 0 Å². The molecule has 0 aromatic rings. The summed E-state index contributed by atoms with van der Waals surface area (Å²) in [7, 11) is 0. The van der Waals surface area contributed by atoms with Crippen molar-refractivity contribution in [3.8, 4) is 0 Å². The van der Waals surface area contributed by atoms with E-state index in [0.717, 1.165) is 58.2 Å². The molecule has 0 bridgehead atoms. The first-order valence-electron chi connectivity index (χ1n) is 8.43. The van der Waals surface area contributed by atoms with Crippen molar-refractivity contribution in [2.45, 2.75) is 39.5 Å². The normalized spacial score (nSPS) is 17.7. The molecule has 0 aromatic carbocycles. The van der Waals surface area contributed by atoms with Crippen LogP contribution in [0.15, 0.2) is 11.6 Å². The zero-order valence-electron chi connectivity index (χ0n) is 14.3. The highest BCUT2D eigenvalue weighted by Crippen LogP contribution is 2.12. The molecule has 1 atom stereocenters. The lowest BCUT2D eigenvalue weighted by atomic mass is 10.1. The Morgan fingerprint density at radius 3 is 2.65 bits per heavy atom. The zero-order chi connectivity index (χ0) is 17.1. The number of carboxylic acid groups (broad SMARTS) is 1. The van der Waals surface area contributed by atoms with Crippen molar-refractivity contribution < 1.29 is 24.2 Å². The van der Waals surface area contributed by atoms with E-state index in [1.165, 1.54) is 0 Å². The highest BCUT2D eigenvalue weighted by molar-refractivity contribution is 5.95. The van der Waals surface area contributed by atoms with Crippen molar-refractivity contribution in [2.24, 2.45) is 5.92 Å². The highest BCUT2D eigenvalue weighted by Gasteiger charge is 2.15. The Labute approximate surface area is 138 Å². The molecule has 1 N–H and O–H groups in total. The molecule has 1 unspecified atom stereocenters. The van der Waals surface area contributed by atoms with E-state index in [1.54, 1.807) is 0 Å². The number of rotatable bonds is 10. The largest absolute Gasteiger partial charge is 0.478 e. The molecule has 1 aliphatic rings. The Kier molecular flexibility index (Phi) is 9.55. The average Bonchev–Trinajstić information content (AvgIpc) is 2.54. The number of esters is 1. The molecule has 0 amide bonds. The van der Waals surface area contributed by atoms with Gasteiger partial charge < -0.3 is 14.6 Å². The van der Waals surface area contributed by atoms with Crippen molar-refractivity contribution in [2.75, 3.05) is 39.5 Å². The molecule has 1 rings (SSSR count). The maximum atomic E-state index is 12.0. The van der Waals surface area contributed by atoms with Crippen LogP contribution in [0.3, 0.4) is 0 Å². The third-order valence-electron chi connectivity index (χ3n) is 4.12. The van der Waals surface area contributed by atoms with E-state index in [4.69, 9.17) is 14.6 Å². The monoisotopic (exact) mass is 327 g/mol. The van der Waals surface area contributed by atoms with Crippen LogP contribution in [0.5, 0.6) is 0 Å². The number of aliphatic carboxylic acids is 1. The van der Waals surface area contributed by atoms with Gasteiger partial charge in [0.2, 0.25) is 0 Å². The highest BCUT2D eigenvalue weighted by atomic mass is 16.5. The standard InChI is InChI=1S/C17H29NO5/c1-3-14(2)6-10-23-17(21)15(13-16(19)20)5-4-7-18-8-11-22-12-9-18/h13-14H,3-12H2,1-2H3,(H,19,20)/b15-13+. The summed E-state index contributed by atoms with van der Waals surface area (Å²) < 4.78 is 10.5. The SMILES string of the molecule is CCC(C)CCOC(=O)/C(=C/C(=O)O)CCCN1CCOCC1. The molecule has 132 valence electrons. The Morgan fingerprint density at radius 2 is 2.04 bits per heavy atom. The van der Waals surface area contributed by atoms with Crippen molar-refractivity contribution in [1.82, 2.24) is 4.90 Å². The molecule has 6 heteroatoms. The third-order valence-corrected chi connectivity index (χ3v) is 4.12. The number of nitrogens with zero attached hydrogens (tertiary/aromatic N) is 1. The van der Waals surface area contributed by atoms with Gasteiger partial charge in [-0.25, -0.2) is 9.59 Å². The fraction of sp³-hybridized carbons (Fsp3) is 0.765. The third kappa shape index (κ3) is 8.71. The Morgan fingerprint density at radius 1 is 1.35 bits per heavy atom. The van der Waals surface area contributed by atoms with Gasteiger partial charge in [0, 0.05) is 24.7 Å². The fourth-order valence-electron chi connectivity index (χ4n) is 2.35. The average molecular weight is 327 g/mol. The van der Waals surface area contributed by atoms with Gasteiger partial charge in [-0.05, 0) is 31.7 Å². The van der Waals surface area contributed by atoms with E-state index >= 15 is 0 Å². The summed E-state index contributed by atoms with van der Waals surface area (Å²) in [6, 6.07) is 0. The van der Waals surface area contributed by atoms with Crippen molar-refractivity contribution in [3.05, 3.63) is 11.6 Å². The van der Waals surface area contributed by atoms with Crippen LogP contribution in [0.25, 0.3) is 0 Å². The molecule has 23 heavy (non-hydrogen) atoms. The summed E-state index contributed by atoms with van der Waals surface area (Å²) in [6.45, 7) is 8.60. The van der Waals surface area contributed by atoms with Crippen LogP contribution < -0.4 is 0 Å². The van der Waals surface area contributed by atoms with E-state index in [2.05, 4.69) is 18.7 Å². The quantitative estimate of drug-likeness (QED) is 0.489. The summed E-state index contributed by atoms with van der Waals surface area (Å²) in [5, 5.41) is 8.92. The lowest BCUT2D eigenvalue weighted by Crippen LogP contribution is -2.36. The van der Waals surface area contributed by atoms with Crippen molar-refractivity contribution in [3.63, 3.8) is 0 Å².